The lowest BCUT2D eigenvalue weighted by atomic mass is 9.73. The fraction of sp³-hybridized carbons (Fsp3) is 0.333. The summed E-state index contributed by atoms with van der Waals surface area (Å²) in [4.78, 5) is 81.4. The number of hydrogen-bond acceptors (Lipinski definition) is 12. The van der Waals surface area contributed by atoms with Crippen LogP contribution in [0.25, 0.3) is 0 Å². The van der Waals surface area contributed by atoms with Crippen molar-refractivity contribution in [3.63, 3.8) is 0 Å². The van der Waals surface area contributed by atoms with Crippen LogP contribution in [0, 0.1) is 59.2 Å². The van der Waals surface area contributed by atoms with Crippen molar-refractivity contribution in [1.29, 1.82) is 0 Å². The Morgan fingerprint density at radius 1 is 0.280 bits per heavy atom. The molecule has 0 spiro atoms. The van der Waals surface area contributed by atoms with E-state index in [4.69, 9.17) is 28.4 Å². The molecule has 0 radical (unpaired) electrons. The average molecular weight is 1010 g/mol. The molecule has 3 aliphatic rings. The van der Waals surface area contributed by atoms with Crippen molar-refractivity contribution in [3.05, 3.63) is 215 Å². The highest BCUT2D eigenvalue weighted by Crippen LogP contribution is 2.57. The molecule has 3 aliphatic carbocycles. The zero-order valence-electron chi connectivity index (χ0n) is 41.8. The van der Waals surface area contributed by atoms with Crippen LogP contribution in [-0.4, -0.2) is 75.5 Å². The van der Waals surface area contributed by atoms with E-state index >= 15 is 0 Å². The number of hydrogen-bond donors (Lipinski definition) is 0. The van der Waals surface area contributed by atoms with Crippen LogP contribution < -0.4 is 0 Å². The Morgan fingerprint density at radius 3 is 0.733 bits per heavy atom. The number of rotatable bonds is 20. The second-order valence-corrected chi connectivity index (χ2v) is 20.1. The third kappa shape index (κ3) is 13.3. The lowest BCUT2D eigenvalue weighted by molar-refractivity contribution is 0.00970. The van der Waals surface area contributed by atoms with Crippen LogP contribution in [0.4, 0.5) is 0 Å². The van der Waals surface area contributed by atoms with Gasteiger partial charge in [0, 0.05) is 11.8 Å². The molecular formula is C63H62O12. The van der Waals surface area contributed by atoms with E-state index in [0.29, 0.717) is 52.6 Å². The van der Waals surface area contributed by atoms with Crippen LogP contribution in [0.2, 0.25) is 0 Å². The van der Waals surface area contributed by atoms with Gasteiger partial charge in [-0.25, -0.2) is 28.8 Å². The van der Waals surface area contributed by atoms with Crippen molar-refractivity contribution in [3.8, 4) is 0 Å². The quantitative estimate of drug-likeness (QED) is 0.0527. The molecule has 10 atom stereocenters. The van der Waals surface area contributed by atoms with Crippen molar-refractivity contribution >= 4 is 35.8 Å². The van der Waals surface area contributed by atoms with Gasteiger partial charge in [-0.05, 0) is 152 Å². The fourth-order valence-corrected chi connectivity index (χ4v) is 12.2. The van der Waals surface area contributed by atoms with E-state index in [0.717, 1.165) is 12.8 Å². The summed E-state index contributed by atoms with van der Waals surface area (Å²) < 4.78 is 36.7. The van der Waals surface area contributed by atoms with Crippen LogP contribution in [0.3, 0.4) is 0 Å². The summed E-state index contributed by atoms with van der Waals surface area (Å²) in [6.07, 6.45) is 3.33. The summed E-state index contributed by atoms with van der Waals surface area (Å²) in [6.45, 7) is 0.412. The van der Waals surface area contributed by atoms with E-state index in [1.807, 2.05) is 36.4 Å². The Morgan fingerprint density at radius 2 is 0.493 bits per heavy atom. The lowest BCUT2D eigenvalue weighted by Crippen LogP contribution is -2.34. The third-order valence-corrected chi connectivity index (χ3v) is 15.7. The molecule has 0 heterocycles. The van der Waals surface area contributed by atoms with Crippen LogP contribution in [-0.2, 0) is 28.4 Å². The Hall–Kier alpha value is -7.86. The largest absolute Gasteiger partial charge is 0.462 e. The predicted octanol–water partition coefficient (Wildman–Crippen LogP) is 11.3. The standard InChI is InChI=1S/C63H62O12/c64-58(42-19-7-1-8-20-42)70-36-50-34-52(38-72-60(66)44-23-11-3-12-24-44)56(54(50)40-74-62(68)46-27-15-5-16-28-46)48-31-32-49(33-48)57-53(39-73-61(67)45-25-13-4-14-26-45)35-51(37-71-59(65)43-21-9-2-10-22-43)55(57)41-75-63(69)47-29-17-6-18-30-47/h1-30,48-57H,31-41H2/t48?,49?,50-,51+,52-,53?,54+,55-,56+,57-/m0/s1. The van der Waals surface area contributed by atoms with Crippen LogP contribution in [0.1, 0.15) is 94.3 Å². The minimum absolute atomic E-state index is 0.0284. The SMILES string of the molecule is O=C(OCC1C[C@H](COC(=O)c2ccccc2)[C@H](COC(=O)c2ccccc2)[C@H]1C1CCC([C@@H]2[C@H](COC(=O)c3ccccc3)C[C@@H](COC(=O)c3ccccc3)[C@H]2COC(=O)c2ccccc2)C1)c1ccccc1. The van der Waals surface area contributed by atoms with Crippen molar-refractivity contribution in [2.24, 2.45) is 59.2 Å². The Kier molecular flexibility index (Phi) is 17.6. The van der Waals surface area contributed by atoms with Gasteiger partial charge in [0.1, 0.15) is 0 Å². The predicted molar refractivity (Wildman–Crippen MR) is 278 cm³/mol. The number of esters is 6. The highest BCUT2D eigenvalue weighted by atomic mass is 16.6. The Labute approximate surface area is 437 Å². The van der Waals surface area contributed by atoms with Crippen molar-refractivity contribution < 1.29 is 57.2 Å². The summed E-state index contributed by atoms with van der Waals surface area (Å²) in [5, 5.41) is 0. The lowest BCUT2D eigenvalue weighted by Gasteiger charge is -2.34. The molecular weight excluding hydrogens is 949 g/mol. The van der Waals surface area contributed by atoms with Gasteiger partial charge < -0.3 is 28.4 Å². The van der Waals surface area contributed by atoms with Gasteiger partial charge in [-0.1, -0.05) is 109 Å². The van der Waals surface area contributed by atoms with Crippen molar-refractivity contribution in [2.45, 2.75) is 32.1 Å². The summed E-state index contributed by atoms with van der Waals surface area (Å²) in [5.41, 5.74) is 2.52. The maximum atomic E-state index is 13.7. The summed E-state index contributed by atoms with van der Waals surface area (Å²) >= 11 is 0. The van der Waals surface area contributed by atoms with Gasteiger partial charge in [-0.3, -0.25) is 0 Å². The highest BCUT2D eigenvalue weighted by Gasteiger charge is 2.54. The first-order valence-electron chi connectivity index (χ1n) is 26.0. The molecule has 9 rings (SSSR count). The highest BCUT2D eigenvalue weighted by molar-refractivity contribution is 5.91. The zero-order valence-corrected chi connectivity index (χ0v) is 41.8. The van der Waals surface area contributed by atoms with Gasteiger partial charge in [-0.15, -0.1) is 0 Å². The molecule has 0 bridgehead atoms. The Balaban J connectivity index is 1.02. The first kappa shape index (κ1) is 52.0. The van der Waals surface area contributed by atoms with Crippen molar-refractivity contribution in [1.82, 2.24) is 0 Å². The van der Waals surface area contributed by atoms with Gasteiger partial charge in [0.15, 0.2) is 0 Å². The maximum absolute atomic E-state index is 13.7. The summed E-state index contributed by atoms with van der Waals surface area (Å²) in [6, 6.07) is 52.9. The fourth-order valence-electron chi connectivity index (χ4n) is 12.2. The molecule has 75 heavy (non-hydrogen) atoms. The molecule has 3 saturated carbocycles. The van der Waals surface area contributed by atoms with Crippen LogP contribution in [0.5, 0.6) is 0 Å². The number of carbonyl (C=O) groups excluding carboxylic acids is 6. The molecule has 3 unspecified atom stereocenters. The molecule has 3 fully saturated rings. The molecule has 6 aromatic carbocycles. The van der Waals surface area contributed by atoms with Gasteiger partial charge in [-0.2, -0.15) is 0 Å². The average Bonchev–Trinajstić information content (AvgIpc) is 4.19. The normalized spacial score (nSPS) is 23.8. The molecule has 0 amide bonds. The van der Waals surface area contributed by atoms with Gasteiger partial charge in [0.2, 0.25) is 0 Å². The number of carbonyl (C=O) groups is 6. The van der Waals surface area contributed by atoms with Crippen LogP contribution in [0.15, 0.2) is 182 Å². The molecule has 0 aromatic heterocycles. The molecule has 386 valence electrons. The van der Waals surface area contributed by atoms with E-state index in [-0.39, 0.29) is 98.8 Å². The summed E-state index contributed by atoms with van der Waals surface area (Å²) in [7, 11) is 0. The molecule has 6 aromatic rings. The van der Waals surface area contributed by atoms with Crippen molar-refractivity contribution in [2.75, 3.05) is 39.6 Å². The Bertz CT molecular complexity index is 2630. The minimum Gasteiger partial charge on any atom is -0.462 e. The second-order valence-electron chi connectivity index (χ2n) is 20.1. The van der Waals surface area contributed by atoms with Gasteiger partial charge >= 0.3 is 35.8 Å². The van der Waals surface area contributed by atoms with Gasteiger partial charge in [0.25, 0.3) is 0 Å². The van der Waals surface area contributed by atoms with E-state index in [2.05, 4.69) is 0 Å². The van der Waals surface area contributed by atoms with Crippen LogP contribution >= 0.6 is 0 Å². The monoisotopic (exact) mass is 1010 g/mol. The second kappa shape index (κ2) is 25.4. The molecule has 12 heteroatoms. The van der Waals surface area contributed by atoms with Gasteiger partial charge in [0.05, 0.1) is 73.0 Å². The first-order chi connectivity index (χ1) is 36.7. The molecule has 12 nitrogen and oxygen atoms in total. The van der Waals surface area contributed by atoms with E-state index in [1.165, 1.54) is 0 Å². The molecule has 0 aliphatic heterocycles. The molecule has 0 saturated heterocycles. The zero-order chi connectivity index (χ0) is 51.9. The number of ether oxygens (including phenoxy) is 6. The first-order valence-corrected chi connectivity index (χ1v) is 26.0. The minimum atomic E-state index is -0.469. The smallest absolute Gasteiger partial charge is 0.338 e. The van der Waals surface area contributed by atoms with E-state index < -0.39 is 35.8 Å². The summed E-state index contributed by atoms with van der Waals surface area (Å²) in [5.74, 6) is -4.46. The van der Waals surface area contributed by atoms with E-state index in [9.17, 15) is 28.8 Å². The maximum Gasteiger partial charge on any atom is 0.338 e. The topological polar surface area (TPSA) is 158 Å². The third-order valence-electron chi connectivity index (χ3n) is 15.7. The molecule has 0 N–H and O–H groups in total. The van der Waals surface area contributed by atoms with E-state index in [1.54, 1.807) is 146 Å². The number of benzene rings is 6.